The molecule has 806 valence electrons. The quantitative estimate of drug-likeness (QED) is 0.00414. The van der Waals surface area contributed by atoms with Gasteiger partial charge >= 0.3 is 0 Å². The summed E-state index contributed by atoms with van der Waals surface area (Å²) < 4.78 is 78.8. The maximum absolute atomic E-state index is 12.2. The maximum Gasteiger partial charge on any atom is 0.274 e. The van der Waals surface area contributed by atoms with Crippen molar-refractivity contribution >= 4 is 152 Å². The van der Waals surface area contributed by atoms with Crippen molar-refractivity contribution in [3.63, 3.8) is 0 Å². The van der Waals surface area contributed by atoms with E-state index < -0.39 is 202 Å². The molecule has 5 unspecified atom stereocenters. The minimum absolute atomic E-state index is 0.00839. The third-order valence-corrected chi connectivity index (χ3v) is 19.7. The SMILES string of the molecule is CN[C@H](C=O)CS.COC(C=O)[C@@H](CO)O[C@H](/C=N\NCCCC(=O)N1C(=O)C=CC1=O)OC(C)C.COC(C=O)[C@@H](CO)O[C@H](C=O)OC(C)C.COC(C=O)[C@H](CO)O[C@@H](C=NCCCCC(=O)N1C(=O)C=C(SC)C1=O)OC(C)C.COC(C=O)[C@H](CO)O[C@@H](C=NCCCCC(=O)N1C(=O)C=CC1=O)OC(C)C.COC1[C@@H](CO)O[C@@H](OC(C)C)[C@@H](O)[C@H]1O.NNCCCC(=O)N1C(=O)C=CC1=O. The van der Waals surface area contributed by atoms with Gasteiger partial charge in [-0.05, 0) is 121 Å². The van der Waals surface area contributed by atoms with E-state index in [4.69, 9.17) is 87.1 Å². The lowest BCUT2D eigenvalue weighted by atomic mass is 9.99. The predicted octanol–water partition coefficient (Wildman–Crippen LogP) is -3.35. The van der Waals surface area contributed by atoms with Crippen LogP contribution < -0.4 is 22.0 Å². The molecule has 1 fully saturated rings. The standard InChI is InChI=1S/C20H30N2O8S.C19H28N2O8.C18H27N3O8.C10H20O6.C10H18O6.C8H11N3O3.C4H9NOS/c1-13(2)29-19(30-15(12-24)14(11-23)28-3)10-21-8-6-5-7-17(25)22-18(26)9-16(31-4)20(22)27;1-13(2)28-19(29-15(12-23)14(11-22)27-3)10-20-9-5-4-6-16(24)21-17(25)7-8-18(21)26;1-12(2)28-18(29-14(11-23)13(10-22)27-3)9-20-19-8-4-5-15(24)21-16(25)6-7-17(21)26;1-5(2)15-10-8(13)7(12)9(14-3)6(4-11)16-10;1-7(2)15-10(6-13)16-9(5-12)8(4-11)14-3;9-10-5-1-2-6(12)11-7(13)3-4-8(11)14;1-5-4(2-6)3-7/h9-11,13-15,19,24H,5-8,12H2,1-4H3;7-8,10-11,13-15,19,23H,4-6,9,12H2,1-3H3;6-7,9-10,12-14,18-19,23H,4-5,8,11H2,1-3H3;5-13H,4H2,1-3H3;4,6-10,12H,5H2,1-3H3;3-4,10H,1-2,5,9H2;2,4-5,7H,3H2,1H3/b;;20-9-;;;;/t2*14?,15-,19-;13?,14-,18-;6-,7-,8+,9?,10-;8?,9-,10-;;4-/m00111.1/s1. The molecule has 18 atom stereocenters. The lowest BCUT2D eigenvalue weighted by Crippen LogP contribution is -2.60. The molecule has 0 aliphatic carbocycles. The second-order valence-corrected chi connectivity index (χ2v) is 32.3. The smallest absolute Gasteiger partial charge is 0.274 e. The first-order valence-electron chi connectivity index (χ1n) is 44.8. The molecular formula is C89H143N11O40S2. The van der Waals surface area contributed by atoms with Gasteiger partial charge in [-0.1, -0.05) is 0 Å². The number of hydrazine groups is 1. The highest BCUT2D eigenvalue weighted by molar-refractivity contribution is 8.03. The molecule has 12 amide bonds. The lowest BCUT2D eigenvalue weighted by Gasteiger charge is -2.41. The van der Waals surface area contributed by atoms with E-state index in [1.807, 2.05) is 0 Å². The van der Waals surface area contributed by atoms with Gasteiger partial charge in [0.1, 0.15) is 79.5 Å². The van der Waals surface area contributed by atoms with Gasteiger partial charge in [0.2, 0.25) is 29.9 Å². The number of hydrazone groups is 1. The number of rotatable bonds is 63. The van der Waals surface area contributed by atoms with Crippen molar-refractivity contribution in [3.05, 3.63) is 47.4 Å². The number of ether oxygens (including phenoxy) is 15. The largest absolute Gasteiger partial charge is 0.394 e. The molecule has 0 aromatic rings. The summed E-state index contributed by atoms with van der Waals surface area (Å²) in [7, 11) is 8.41. The van der Waals surface area contributed by atoms with Crippen LogP contribution >= 0.6 is 24.4 Å². The van der Waals surface area contributed by atoms with Crippen molar-refractivity contribution < 1.29 is 193 Å². The van der Waals surface area contributed by atoms with Crippen LogP contribution in [0.2, 0.25) is 0 Å². The molecule has 142 heavy (non-hydrogen) atoms. The van der Waals surface area contributed by atoms with Crippen LogP contribution in [0.5, 0.6) is 0 Å². The number of thioether (sulfide) groups is 1. The number of hydrogen-bond donors (Lipinski definition) is 12. The number of hydrogen-bond acceptors (Lipinski definition) is 49. The minimum atomic E-state index is -1.19. The van der Waals surface area contributed by atoms with Gasteiger partial charge in [-0.15, -0.1) is 11.8 Å². The van der Waals surface area contributed by atoms with Crippen molar-refractivity contribution in [1.82, 2.24) is 35.8 Å². The van der Waals surface area contributed by atoms with Crippen LogP contribution in [-0.4, -0.2) is 438 Å². The second-order valence-electron chi connectivity index (χ2n) is 31.1. The normalized spacial score (nSPS) is 19.5. The molecule has 12 N–H and O–H groups in total. The molecule has 51 nitrogen and oxygen atoms in total. The summed E-state index contributed by atoms with van der Waals surface area (Å²) in [6, 6.07) is -0.0802. The number of nitrogens with one attached hydrogen (secondary N) is 3. The Labute approximate surface area is 833 Å². The molecule has 5 rings (SSSR count). The van der Waals surface area contributed by atoms with E-state index in [1.54, 1.807) is 82.5 Å². The highest BCUT2D eigenvalue weighted by Gasteiger charge is 2.46. The number of nitrogens with two attached hydrogens (primary N) is 1. The van der Waals surface area contributed by atoms with E-state index in [1.165, 1.54) is 60.3 Å². The molecular weight excluding hydrogens is 1930 g/mol. The average Bonchev–Trinajstić information content (AvgIpc) is 1.33. The Kier molecular flexibility index (Phi) is 75.0. The molecule has 0 radical (unpaired) electrons. The number of likely N-dealkylation sites (N-methyl/N-ethyl adjacent to an activating group) is 1. The van der Waals surface area contributed by atoms with Crippen molar-refractivity contribution in [2.24, 2.45) is 20.9 Å². The van der Waals surface area contributed by atoms with Crippen LogP contribution in [0.15, 0.2) is 62.5 Å². The number of imide groups is 12. The summed E-state index contributed by atoms with van der Waals surface area (Å²) in [6.45, 7) is 17.2. The highest BCUT2D eigenvalue weighted by Crippen LogP contribution is 2.26. The molecule has 5 aliphatic heterocycles. The minimum Gasteiger partial charge on any atom is -0.394 e. The fourth-order valence-corrected chi connectivity index (χ4v) is 12.3. The lowest BCUT2D eigenvalue weighted by molar-refractivity contribution is -0.311. The Hall–Kier alpha value is -9.27. The van der Waals surface area contributed by atoms with E-state index in [2.05, 4.69) is 43.9 Å². The first-order valence-corrected chi connectivity index (χ1v) is 46.6. The number of unbranched alkanes of at least 4 members (excludes halogenated alkanes) is 2. The number of carbonyl (C=O) groups excluding carboxylic acids is 18. The van der Waals surface area contributed by atoms with Gasteiger partial charge in [-0.2, -0.15) is 17.7 Å². The van der Waals surface area contributed by atoms with E-state index in [-0.39, 0.29) is 73.8 Å². The first kappa shape index (κ1) is 135. The van der Waals surface area contributed by atoms with Crippen LogP contribution in [0.25, 0.3) is 0 Å². The molecule has 0 bridgehead atoms. The first-order chi connectivity index (χ1) is 67.5. The third kappa shape index (κ3) is 53.0. The van der Waals surface area contributed by atoms with Crippen LogP contribution in [0.4, 0.5) is 0 Å². The third-order valence-electron chi connectivity index (χ3n) is 18.5. The van der Waals surface area contributed by atoms with Gasteiger partial charge < -0.3 is 142 Å². The number of aldehydes is 6. The van der Waals surface area contributed by atoms with Crippen LogP contribution in [-0.2, 0) is 157 Å². The van der Waals surface area contributed by atoms with E-state index in [0.29, 0.717) is 121 Å². The number of methoxy groups -OCH3 is 5. The Balaban J connectivity index is 0. The van der Waals surface area contributed by atoms with Crippen molar-refractivity contribution in [2.75, 3.05) is 114 Å². The fraction of sp³-hybridized carbons (Fsp3) is 0.674. The monoisotopic (exact) mass is 2070 g/mol. The number of carbonyl (C=O) groups is 18. The molecule has 0 saturated carbocycles. The number of aliphatic hydroxyl groups excluding tert-OH is 7. The van der Waals surface area contributed by atoms with E-state index in [9.17, 15) is 112 Å². The fourth-order valence-electron chi connectivity index (χ4n) is 11.5. The molecule has 0 aromatic carbocycles. The summed E-state index contributed by atoms with van der Waals surface area (Å²) in [5, 5.41) is 72.6. The van der Waals surface area contributed by atoms with Gasteiger partial charge in [0.15, 0.2) is 56.6 Å². The Morgan fingerprint density at radius 2 is 0.796 bits per heavy atom. The average molecular weight is 2070 g/mol. The Bertz CT molecular complexity index is 3860. The topological polar surface area (TPSA) is 699 Å². The number of nitrogens with zero attached hydrogens (tertiary/aromatic N) is 7. The van der Waals surface area contributed by atoms with Crippen LogP contribution in [0.3, 0.4) is 0 Å². The van der Waals surface area contributed by atoms with Crippen LogP contribution in [0.1, 0.15) is 133 Å². The zero-order chi connectivity index (χ0) is 108. The van der Waals surface area contributed by atoms with Crippen LogP contribution in [0, 0.1) is 0 Å². The summed E-state index contributed by atoms with van der Waals surface area (Å²) in [4.78, 5) is 214. The number of aliphatic hydroxyl groups is 7. The zero-order valence-electron chi connectivity index (χ0n) is 82.8. The van der Waals surface area contributed by atoms with Gasteiger partial charge in [-0.3, -0.25) is 83.6 Å². The summed E-state index contributed by atoms with van der Waals surface area (Å²) in [5.74, 6) is -1.40. The number of aliphatic imine (C=N–C) groups is 2. The molecule has 5 heterocycles. The molecule has 0 spiro atoms. The second kappa shape index (κ2) is 79.1. The van der Waals surface area contributed by atoms with Gasteiger partial charge in [0.25, 0.3) is 47.3 Å². The summed E-state index contributed by atoms with van der Waals surface area (Å²) >= 11 is 5.01. The molecule has 1 saturated heterocycles. The predicted molar refractivity (Wildman–Crippen MR) is 507 cm³/mol. The zero-order valence-corrected chi connectivity index (χ0v) is 84.5. The van der Waals surface area contributed by atoms with E-state index >= 15 is 0 Å². The molecule has 53 heteroatoms. The number of amides is 12. The van der Waals surface area contributed by atoms with Gasteiger partial charge in [0.05, 0.1) is 93.1 Å². The van der Waals surface area contributed by atoms with Crippen molar-refractivity contribution in [2.45, 2.75) is 275 Å². The van der Waals surface area contributed by atoms with Crippen molar-refractivity contribution in [3.8, 4) is 0 Å². The Morgan fingerprint density at radius 1 is 0.458 bits per heavy atom. The number of thiol groups is 1. The summed E-state index contributed by atoms with van der Waals surface area (Å²) in [6.07, 6.45) is 2.79. The van der Waals surface area contributed by atoms with E-state index in [0.717, 1.165) is 54.5 Å². The van der Waals surface area contributed by atoms with Crippen molar-refractivity contribution in [1.29, 1.82) is 0 Å². The molecule has 5 aliphatic rings. The molecule has 0 aromatic heterocycles. The summed E-state index contributed by atoms with van der Waals surface area (Å²) in [5.41, 5.74) is 5.08. The van der Waals surface area contributed by atoms with Gasteiger partial charge in [0, 0.05) is 136 Å². The highest BCUT2D eigenvalue weighted by atomic mass is 32.2. The Morgan fingerprint density at radius 3 is 1.07 bits per heavy atom. The maximum atomic E-state index is 12.2. The van der Waals surface area contributed by atoms with Gasteiger partial charge in [-0.25, -0.2) is 19.6 Å².